The molecule has 4 rings (SSSR count). The summed E-state index contributed by atoms with van der Waals surface area (Å²) >= 11 is 0. The van der Waals surface area contributed by atoms with Crippen molar-refractivity contribution in [2.75, 3.05) is 19.6 Å². The summed E-state index contributed by atoms with van der Waals surface area (Å²) in [6.07, 6.45) is 6.17. The zero-order valence-corrected chi connectivity index (χ0v) is 14.7. The molecule has 1 heterocycles. The van der Waals surface area contributed by atoms with Crippen LogP contribution in [0.15, 0.2) is 48.5 Å². The maximum absolute atomic E-state index is 13.0. The Morgan fingerprint density at radius 2 is 1.56 bits per heavy atom. The molecule has 0 amide bonds. The minimum atomic E-state index is -0.212. The van der Waals surface area contributed by atoms with E-state index in [4.69, 9.17) is 4.74 Å². The second kappa shape index (κ2) is 7.57. The van der Waals surface area contributed by atoms with Gasteiger partial charge in [0, 0.05) is 13.1 Å². The molecule has 0 spiro atoms. The number of likely N-dealkylation sites (tertiary alicyclic amines) is 1. The highest BCUT2D eigenvalue weighted by atomic mass is 19.1. The van der Waals surface area contributed by atoms with Crippen LogP contribution < -0.4 is 4.74 Å². The fourth-order valence-corrected chi connectivity index (χ4v) is 4.18. The highest BCUT2D eigenvalue weighted by molar-refractivity contribution is 5.32. The molecule has 0 aromatic heterocycles. The summed E-state index contributed by atoms with van der Waals surface area (Å²) in [7, 11) is 0. The summed E-state index contributed by atoms with van der Waals surface area (Å²) in [4.78, 5) is 2.58. The lowest BCUT2D eigenvalue weighted by molar-refractivity contribution is 0.0972. The van der Waals surface area contributed by atoms with Crippen molar-refractivity contribution in [1.82, 2.24) is 4.90 Å². The molecule has 0 atom stereocenters. The molecule has 1 aliphatic heterocycles. The van der Waals surface area contributed by atoms with Gasteiger partial charge < -0.3 is 9.64 Å². The minimum Gasteiger partial charge on any atom is -0.490 e. The highest BCUT2D eigenvalue weighted by Gasteiger charge is 2.24. The molecule has 132 valence electrons. The highest BCUT2D eigenvalue weighted by Crippen LogP contribution is 2.29. The van der Waals surface area contributed by atoms with Gasteiger partial charge in [0.1, 0.15) is 17.7 Å². The van der Waals surface area contributed by atoms with E-state index in [1.165, 1.54) is 37.9 Å². The maximum atomic E-state index is 13.0. The quantitative estimate of drug-likeness (QED) is 0.797. The monoisotopic (exact) mass is 339 g/mol. The zero-order chi connectivity index (χ0) is 17.1. The van der Waals surface area contributed by atoms with Crippen LogP contribution in [0.3, 0.4) is 0 Å². The van der Waals surface area contributed by atoms with Crippen LogP contribution in [0.4, 0.5) is 4.39 Å². The van der Waals surface area contributed by atoms with Crippen LogP contribution in [-0.4, -0.2) is 30.6 Å². The number of benzene rings is 2. The van der Waals surface area contributed by atoms with Crippen LogP contribution in [-0.2, 0) is 12.8 Å². The Kier molecular flexibility index (Phi) is 5.02. The Labute approximate surface area is 149 Å². The first-order valence-electron chi connectivity index (χ1n) is 9.47. The van der Waals surface area contributed by atoms with Gasteiger partial charge >= 0.3 is 0 Å². The number of halogens is 1. The second-order valence-corrected chi connectivity index (χ2v) is 7.44. The van der Waals surface area contributed by atoms with Crippen LogP contribution in [0.25, 0.3) is 0 Å². The van der Waals surface area contributed by atoms with Crippen molar-refractivity contribution in [2.24, 2.45) is 5.92 Å². The number of hydrogen-bond acceptors (Lipinski definition) is 2. The molecule has 0 bridgehead atoms. The Bertz CT molecular complexity index is 666. The van der Waals surface area contributed by atoms with Gasteiger partial charge in [-0.15, -0.1) is 0 Å². The molecule has 3 heteroatoms. The molecular weight excluding hydrogens is 313 g/mol. The van der Waals surface area contributed by atoms with Gasteiger partial charge in [0.2, 0.25) is 0 Å². The number of piperidine rings is 1. The van der Waals surface area contributed by atoms with E-state index in [2.05, 4.69) is 29.2 Å². The third kappa shape index (κ3) is 4.21. The van der Waals surface area contributed by atoms with Crippen molar-refractivity contribution in [2.45, 2.75) is 38.2 Å². The van der Waals surface area contributed by atoms with Gasteiger partial charge in [-0.25, -0.2) is 4.39 Å². The summed E-state index contributed by atoms with van der Waals surface area (Å²) in [5.74, 6) is 1.38. The molecule has 1 saturated heterocycles. The van der Waals surface area contributed by atoms with E-state index in [9.17, 15) is 4.39 Å². The fraction of sp³-hybridized carbons (Fsp3) is 0.455. The Hall–Kier alpha value is -1.87. The predicted octanol–water partition coefficient (Wildman–Crippen LogP) is 4.47. The minimum absolute atomic E-state index is 0.212. The first-order chi connectivity index (χ1) is 12.3. The molecule has 2 nitrogen and oxygen atoms in total. The van der Waals surface area contributed by atoms with E-state index in [0.29, 0.717) is 0 Å². The average Bonchev–Trinajstić information content (AvgIpc) is 3.06. The van der Waals surface area contributed by atoms with Gasteiger partial charge in [0.05, 0.1) is 0 Å². The summed E-state index contributed by atoms with van der Waals surface area (Å²) in [5.41, 5.74) is 3.11. The molecule has 1 aliphatic carbocycles. The fourth-order valence-electron chi connectivity index (χ4n) is 4.18. The van der Waals surface area contributed by atoms with Gasteiger partial charge in [-0.2, -0.15) is 0 Å². The molecule has 0 saturated carbocycles. The molecule has 25 heavy (non-hydrogen) atoms. The Morgan fingerprint density at radius 3 is 2.20 bits per heavy atom. The van der Waals surface area contributed by atoms with Crippen molar-refractivity contribution in [3.8, 4) is 5.75 Å². The van der Waals surface area contributed by atoms with Gasteiger partial charge in [-0.05, 0) is 80.0 Å². The average molecular weight is 339 g/mol. The van der Waals surface area contributed by atoms with E-state index in [0.717, 1.165) is 37.6 Å². The smallest absolute Gasteiger partial charge is 0.123 e. The number of hydrogen-bond donors (Lipinski definition) is 0. The van der Waals surface area contributed by atoms with Gasteiger partial charge in [0.15, 0.2) is 0 Å². The van der Waals surface area contributed by atoms with E-state index in [1.54, 1.807) is 23.3 Å². The van der Waals surface area contributed by atoms with Crippen LogP contribution >= 0.6 is 0 Å². The first kappa shape index (κ1) is 16.6. The van der Waals surface area contributed by atoms with E-state index in [-0.39, 0.29) is 11.9 Å². The number of ether oxygens (including phenoxy) is 1. The number of fused-ring (bicyclic) bond motifs is 1. The van der Waals surface area contributed by atoms with Crippen LogP contribution in [0.1, 0.15) is 30.4 Å². The molecule has 0 radical (unpaired) electrons. The van der Waals surface area contributed by atoms with Crippen LogP contribution in [0.2, 0.25) is 0 Å². The van der Waals surface area contributed by atoms with Gasteiger partial charge in [-0.1, -0.05) is 24.3 Å². The molecule has 2 aliphatic rings. The standard InChI is InChI=1S/C22H26FNO/c23-20-5-7-21(8-6-20)25-22-10-13-24(14-11-22)12-9-17-15-18-3-1-2-4-19(18)16-17/h1-8,17,22H,9-16H2. The Morgan fingerprint density at radius 1 is 0.920 bits per heavy atom. The molecule has 0 unspecified atom stereocenters. The van der Waals surface area contributed by atoms with Crippen LogP contribution in [0.5, 0.6) is 5.75 Å². The topological polar surface area (TPSA) is 12.5 Å². The largest absolute Gasteiger partial charge is 0.490 e. The van der Waals surface area contributed by atoms with E-state index >= 15 is 0 Å². The zero-order valence-electron chi connectivity index (χ0n) is 14.7. The second-order valence-electron chi connectivity index (χ2n) is 7.44. The van der Waals surface area contributed by atoms with Crippen molar-refractivity contribution in [3.05, 3.63) is 65.5 Å². The summed E-state index contributed by atoms with van der Waals surface area (Å²) < 4.78 is 18.9. The lowest BCUT2D eigenvalue weighted by atomic mass is 10.0. The molecular formula is C22H26FNO. The normalized spacial score (nSPS) is 19.1. The lowest BCUT2D eigenvalue weighted by Gasteiger charge is -2.32. The van der Waals surface area contributed by atoms with Crippen molar-refractivity contribution < 1.29 is 9.13 Å². The van der Waals surface area contributed by atoms with Crippen molar-refractivity contribution >= 4 is 0 Å². The molecule has 2 aromatic carbocycles. The molecule has 0 N–H and O–H groups in total. The van der Waals surface area contributed by atoms with Crippen LogP contribution in [0, 0.1) is 11.7 Å². The van der Waals surface area contributed by atoms with Crippen molar-refractivity contribution in [1.29, 1.82) is 0 Å². The predicted molar refractivity (Wildman–Crippen MR) is 98.4 cm³/mol. The third-order valence-electron chi connectivity index (χ3n) is 5.64. The maximum Gasteiger partial charge on any atom is 0.123 e. The molecule has 2 aromatic rings. The van der Waals surface area contributed by atoms with E-state index < -0.39 is 0 Å². The number of rotatable bonds is 5. The summed E-state index contributed by atoms with van der Waals surface area (Å²) in [5, 5.41) is 0. The summed E-state index contributed by atoms with van der Waals surface area (Å²) in [6.45, 7) is 3.40. The third-order valence-corrected chi connectivity index (χ3v) is 5.64. The summed E-state index contributed by atoms with van der Waals surface area (Å²) in [6, 6.07) is 15.3. The lowest BCUT2D eigenvalue weighted by Crippen LogP contribution is -2.39. The van der Waals surface area contributed by atoms with E-state index in [1.807, 2.05) is 0 Å². The van der Waals surface area contributed by atoms with Crippen molar-refractivity contribution in [3.63, 3.8) is 0 Å². The van der Waals surface area contributed by atoms with Gasteiger partial charge in [0.25, 0.3) is 0 Å². The SMILES string of the molecule is Fc1ccc(OC2CCN(CCC3Cc4ccccc4C3)CC2)cc1. The molecule has 1 fully saturated rings. The Balaban J connectivity index is 1.19. The first-order valence-corrected chi connectivity index (χ1v) is 9.47. The van der Waals surface area contributed by atoms with Gasteiger partial charge in [-0.3, -0.25) is 0 Å². The number of nitrogens with zero attached hydrogens (tertiary/aromatic N) is 1.